The Bertz CT molecular complexity index is 309. The van der Waals surface area contributed by atoms with E-state index in [2.05, 4.69) is 11.9 Å². The quantitative estimate of drug-likeness (QED) is 0.727. The third-order valence-electron chi connectivity index (χ3n) is 2.82. The van der Waals surface area contributed by atoms with E-state index in [1.54, 1.807) is 11.3 Å². The fraction of sp³-hybridized carbons (Fsp3) is 0.769. The van der Waals surface area contributed by atoms with Gasteiger partial charge in [-0.1, -0.05) is 39.0 Å². The minimum atomic E-state index is -0.298. The van der Waals surface area contributed by atoms with Gasteiger partial charge in [-0.05, 0) is 20.3 Å². The van der Waals surface area contributed by atoms with Gasteiger partial charge >= 0.3 is 0 Å². The Kier molecular flexibility index (Phi) is 5.99. The van der Waals surface area contributed by atoms with Crippen LogP contribution in [0.4, 0.5) is 0 Å². The highest BCUT2D eigenvalue weighted by Gasteiger charge is 2.13. The highest BCUT2D eigenvalue weighted by molar-refractivity contribution is 7.11. The van der Waals surface area contributed by atoms with E-state index in [0.717, 1.165) is 28.4 Å². The Labute approximate surface area is 103 Å². The Balaban J connectivity index is 2.29. The maximum atomic E-state index is 10.0. The Hall–Kier alpha value is -0.410. The molecule has 0 saturated carbocycles. The normalized spacial score (nSPS) is 13.0. The lowest BCUT2D eigenvalue weighted by Gasteiger charge is -2.08. The monoisotopic (exact) mass is 241 g/mol. The van der Waals surface area contributed by atoms with Gasteiger partial charge in [0.05, 0.1) is 21.7 Å². The second-order valence-corrected chi connectivity index (χ2v) is 5.64. The Morgan fingerprint density at radius 3 is 2.44 bits per heavy atom. The highest BCUT2D eigenvalue weighted by Crippen LogP contribution is 2.28. The first kappa shape index (κ1) is 13.7. The van der Waals surface area contributed by atoms with Crippen LogP contribution in [0, 0.1) is 13.8 Å². The molecule has 1 atom stereocenters. The van der Waals surface area contributed by atoms with Crippen molar-refractivity contribution in [3.63, 3.8) is 0 Å². The predicted molar refractivity (Wildman–Crippen MR) is 69.9 cm³/mol. The SMILES string of the molecule is CCCCCCCC(O)c1sc(C)nc1C. The van der Waals surface area contributed by atoms with Crippen LogP contribution in [0.25, 0.3) is 0 Å². The van der Waals surface area contributed by atoms with Crippen molar-refractivity contribution in [2.24, 2.45) is 0 Å². The van der Waals surface area contributed by atoms with Crippen molar-refractivity contribution >= 4 is 11.3 Å². The fourth-order valence-electron chi connectivity index (χ4n) is 1.93. The van der Waals surface area contributed by atoms with Crippen molar-refractivity contribution in [3.05, 3.63) is 15.6 Å². The summed E-state index contributed by atoms with van der Waals surface area (Å²) in [5.41, 5.74) is 1.00. The second kappa shape index (κ2) is 7.02. The number of aliphatic hydroxyl groups is 1. The van der Waals surface area contributed by atoms with Crippen molar-refractivity contribution in [2.75, 3.05) is 0 Å². The number of rotatable bonds is 7. The molecule has 3 heteroatoms. The van der Waals surface area contributed by atoms with E-state index in [0.29, 0.717) is 0 Å². The third kappa shape index (κ3) is 4.22. The molecule has 0 bridgehead atoms. The number of hydrogen-bond donors (Lipinski definition) is 1. The highest BCUT2D eigenvalue weighted by atomic mass is 32.1. The summed E-state index contributed by atoms with van der Waals surface area (Å²) in [5.74, 6) is 0. The van der Waals surface area contributed by atoms with Crippen LogP contribution in [0.15, 0.2) is 0 Å². The first-order valence-electron chi connectivity index (χ1n) is 6.27. The Morgan fingerprint density at radius 1 is 1.19 bits per heavy atom. The molecule has 16 heavy (non-hydrogen) atoms. The van der Waals surface area contributed by atoms with Crippen molar-refractivity contribution in [1.29, 1.82) is 0 Å². The molecule has 0 aliphatic rings. The van der Waals surface area contributed by atoms with Gasteiger partial charge in [0.25, 0.3) is 0 Å². The van der Waals surface area contributed by atoms with Gasteiger partial charge in [0.15, 0.2) is 0 Å². The van der Waals surface area contributed by atoms with Crippen molar-refractivity contribution in [1.82, 2.24) is 4.98 Å². The van der Waals surface area contributed by atoms with Gasteiger partial charge in [0.2, 0.25) is 0 Å². The molecule has 92 valence electrons. The van der Waals surface area contributed by atoms with Crippen LogP contribution in [0.1, 0.15) is 67.1 Å². The zero-order chi connectivity index (χ0) is 12.0. The van der Waals surface area contributed by atoms with Gasteiger partial charge < -0.3 is 5.11 Å². The first-order valence-corrected chi connectivity index (χ1v) is 7.08. The molecule has 0 amide bonds. The van der Waals surface area contributed by atoms with Gasteiger partial charge in [-0.3, -0.25) is 0 Å². The summed E-state index contributed by atoms with van der Waals surface area (Å²) >= 11 is 1.63. The molecule has 1 heterocycles. The zero-order valence-electron chi connectivity index (χ0n) is 10.6. The average Bonchev–Trinajstić information content (AvgIpc) is 2.57. The second-order valence-electron chi connectivity index (χ2n) is 4.40. The molecule has 1 rings (SSSR count). The number of unbranched alkanes of at least 4 members (excludes halogenated alkanes) is 4. The fourth-order valence-corrected chi connectivity index (χ4v) is 2.88. The standard InChI is InChI=1S/C13H23NOS/c1-4-5-6-7-8-9-12(15)13-10(2)14-11(3)16-13/h12,15H,4-9H2,1-3H3. The van der Waals surface area contributed by atoms with Crippen LogP contribution in [-0.2, 0) is 0 Å². The molecule has 0 fully saturated rings. The van der Waals surface area contributed by atoms with Gasteiger partial charge in [0, 0.05) is 0 Å². The van der Waals surface area contributed by atoms with Gasteiger partial charge in [-0.2, -0.15) is 0 Å². The number of aryl methyl sites for hydroxylation is 2. The lowest BCUT2D eigenvalue weighted by atomic mass is 10.1. The van der Waals surface area contributed by atoms with E-state index in [4.69, 9.17) is 0 Å². The first-order chi connectivity index (χ1) is 7.65. The van der Waals surface area contributed by atoms with Crippen LogP contribution in [0.3, 0.4) is 0 Å². The summed E-state index contributed by atoms with van der Waals surface area (Å²) in [7, 11) is 0. The topological polar surface area (TPSA) is 33.1 Å². The van der Waals surface area contributed by atoms with Crippen molar-refractivity contribution < 1.29 is 5.11 Å². The molecular formula is C13H23NOS. The number of nitrogens with zero attached hydrogens (tertiary/aromatic N) is 1. The lowest BCUT2D eigenvalue weighted by molar-refractivity contribution is 0.166. The number of aromatic nitrogens is 1. The summed E-state index contributed by atoms with van der Waals surface area (Å²) < 4.78 is 0. The van der Waals surface area contributed by atoms with Crippen molar-refractivity contribution in [2.45, 2.75) is 65.4 Å². The maximum absolute atomic E-state index is 10.0. The van der Waals surface area contributed by atoms with E-state index in [1.165, 1.54) is 25.7 Å². The van der Waals surface area contributed by atoms with Crippen LogP contribution in [0.5, 0.6) is 0 Å². The lowest BCUT2D eigenvalue weighted by Crippen LogP contribution is -1.96. The summed E-state index contributed by atoms with van der Waals surface area (Å²) in [6.07, 6.45) is 6.83. The molecule has 1 unspecified atom stereocenters. The third-order valence-corrected chi connectivity index (χ3v) is 4.00. The Morgan fingerprint density at radius 2 is 1.88 bits per heavy atom. The van der Waals surface area contributed by atoms with E-state index >= 15 is 0 Å². The van der Waals surface area contributed by atoms with E-state index < -0.39 is 0 Å². The molecule has 0 aliphatic heterocycles. The molecule has 0 spiro atoms. The summed E-state index contributed by atoms with van der Waals surface area (Å²) in [6.45, 7) is 6.20. The van der Waals surface area contributed by atoms with E-state index in [9.17, 15) is 5.11 Å². The molecule has 1 aromatic heterocycles. The van der Waals surface area contributed by atoms with Gasteiger partial charge in [-0.25, -0.2) is 4.98 Å². The molecule has 1 N–H and O–H groups in total. The average molecular weight is 241 g/mol. The molecule has 0 aliphatic carbocycles. The molecular weight excluding hydrogens is 218 g/mol. The predicted octanol–water partition coefficient (Wildman–Crippen LogP) is 4.15. The molecule has 2 nitrogen and oxygen atoms in total. The number of thiazole rings is 1. The molecule has 1 aromatic rings. The smallest absolute Gasteiger partial charge is 0.0901 e. The van der Waals surface area contributed by atoms with E-state index in [-0.39, 0.29) is 6.10 Å². The van der Waals surface area contributed by atoms with Crippen LogP contribution in [-0.4, -0.2) is 10.1 Å². The van der Waals surface area contributed by atoms with Gasteiger partial charge in [-0.15, -0.1) is 11.3 Å². The zero-order valence-corrected chi connectivity index (χ0v) is 11.4. The molecule has 0 saturated heterocycles. The largest absolute Gasteiger partial charge is 0.388 e. The summed E-state index contributed by atoms with van der Waals surface area (Å²) in [4.78, 5) is 5.41. The number of hydrogen-bond acceptors (Lipinski definition) is 3. The minimum absolute atomic E-state index is 0.298. The molecule has 0 aromatic carbocycles. The van der Waals surface area contributed by atoms with Crippen LogP contribution < -0.4 is 0 Å². The maximum Gasteiger partial charge on any atom is 0.0901 e. The minimum Gasteiger partial charge on any atom is -0.388 e. The van der Waals surface area contributed by atoms with Crippen LogP contribution >= 0.6 is 11.3 Å². The summed E-state index contributed by atoms with van der Waals surface area (Å²) in [6, 6.07) is 0. The van der Waals surface area contributed by atoms with Crippen molar-refractivity contribution in [3.8, 4) is 0 Å². The van der Waals surface area contributed by atoms with Gasteiger partial charge in [0.1, 0.15) is 0 Å². The van der Waals surface area contributed by atoms with Crippen LogP contribution in [0.2, 0.25) is 0 Å². The molecule has 0 radical (unpaired) electrons. The summed E-state index contributed by atoms with van der Waals surface area (Å²) in [5, 5.41) is 11.1. The number of aliphatic hydroxyl groups excluding tert-OH is 1. The van der Waals surface area contributed by atoms with E-state index in [1.807, 2.05) is 13.8 Å².